The first-order valence-electron chi connectivity index (χ1n) is 10.9. The molecule has 0 saturated carbocycles. The van der Waals surface area contributed by atoms with Gasteiger partial charge in [-0.05, 0) is 55.2 Å². The van der Waals surface area contributed by atoms with Crippen molar-refractivity contribution in [2.24, 2.45) is 0 Å². The van der Waals surface area contributed by atoms with Crippen LogP contribution in [0.3, 0.4) is 0 Å². The molecule has 1 atom stereocenters. The van der Waals surface area contributed by atoms with Gasteiger partial charge in [0.25, 0.3) is 0 Å². The van der Waals surface area contributed by atoms with Crippen LogP contribution in [0.2, 0.25) is 0 Å². The fourth-order valence-electron chi connectivity index (χ4n) is 3.35. The van der Waals surface area contributed by atoms with Gasteiger partial charge in [0.2, 0.25) is 0 Å². The van der Waals surface area contributed by atoms with E-state index in [1.807, 2.05) is 24.5 Å². The largest absolute Gasteiger partial charge is 0.479 e. The van der Waals surface area contributed by atoms with Gasteiger partial charge in [0.05, 0.1) is 7.11 Å². The molecule has 1 aromatic heterocycles. The lowest BCUT2D eigenvalue weighted by Crippen LogP contribution is -2.24. The number of benzene rings is 2. The third-order valence-electron chi connectivity index (χ3n) is 5.22. The summed E-state index contributed by atoms with van der Waals surface area (Å²) in [6.07, 6.45) is 9.29. The summed E-state index contributed by atoms with van der Waals surface area (Å²) in [5.41, 5.74) is 4.37. The fraction of sp³-hybridized carbons (Fsp3) is 0.346. The minimum atomic E-state index is -0.658. The van der Waals surface area contributed by atoms with Crippen LogP contribution in [0.25, 0.3) is 22.5 Å². The predicted molar refractivity (Wildman–Crippen MR) is 123 cm³/mol. The van der Waals surface area contributed by atoms with Crippen LogP contribution in [0, 0.1) is 0 Å². The van der Waals surface area contributed by atoms with Crippen LogP contribution in [-0.4, -0.2) is 29.2 Å². The van der Waals surface area contributed by atoms with Gasteiger partial charge >= 0.3 is 5.97 Å². The van der Waals surface area contributed by atoms with Crippen molar-refractivity contribution >= 4 is 5.97 Å². The lowest BCUT2D eigenvalue weighted by atomic mass is 10.0. The van der Waals surface area contributed by atoms with E-state index in [2.05, 4.69) is 45.9 Å². The number of unbranched alkanes of at least 4 members (excludes halogenated alkanes) is 3. The Kier molecular flexibility index (Phi) is 8.16. The average molecular weight is 419 g/mol. The quantitative estimate of drug-likeness (QED) is 0.304. The van der Waals surface area contributed by atoms with Crippen LogP contribution in [0.15, 0.2) is 60.9 Å². The molecule has 5 nitrogen and oxygen atoms in total. The highest BCUT2D eigenvalue weighted by Gasteiger charge is 2.14. The Morgan fingerprint density at radius 2 is 1.52 bits per heavy atom. The summed E-state index contributed by atoms with van der Waals surface area (Å²) >= 11 is 0. The highest BCUT2D eigenvalue weighted by atomic mass is 16.6. The molecule has 0 amide bonds. The minimum absolute atomic E-state index is 0.410. The summed E-state index contributed by atoms with van der Waals surface area (Å²) in [7, 11) is 1.34. The summed E-state index contributed by atoms with van der Waals surface area (Å²) in [6, 6.07) is 16.0. The molecule has 0 spiro atoms. The molecule has 5 heteroatoms. The maximum Gasteiger partial charge on any atom is 0.346 e. The minimum Gasteiger partial charge on any atom is -0.479 e. The zero-order valence-electron chi connectivity index (χ0n) is 18.5. The van der Waals surface area contributed by atoms with Crippen LogP contribution in [0.1, 0.15) is 45.1 Å². The number of aryl methyl sites for hydroxylation is 1. The van der Waals surface area contributed by atoms with E-state index in [4.69, 9.17) is 4.74 Å². The van der Waals surface area contributed by atoms with Gasteiger partial charge < -0.3 is 9.47 Å². The zero-order chi connectivity index (χ0) is 22.1. The number of hydrogen-bond acceptors (Lipinski definition) is 5. The van der Waals surface area contributed by atoms with Crippen molar-refractivity contribution in [1.29, 1.82) is 0 Å². The third kappa shape index (κ3) is 6.38. The molecule has 0 fully saturated rings. The molecule has 2 aromatic carbocycles. The predicted octanol–water partition coefficient (Wildman–Crippen LogP) is 5.87. The number of methoxy groups -OCH3 is 1. The second-order valence-corrected chi connectivity index (χ2v) is 7.61. The zero-order valence-corrected chi connectivity index (χ0v) is 18.5. The first-order chi connectivity index (χ1) is 15.1. The van der Waals surface area contributed by atoms with Gasteiger partial charge in [-0.25, -0.2) is 14.8 Å². The van der Waals surface area contributed by atoms with Gasteiger partial charge in [-0.1, -0.05) is 50.5 Å². The van der Waals surface area contributed by atoms with Crippen molar-refractivity contribution in [1.82, 2.24) is 9.97 Å². The van der Waals surface area contributed by atoms with Gasteiger partial charge in [-0.3, -0.25) is 0 Å². The number of esters is 1. The van der Waals surface area contributed by atoms with Crippen molar-refractivity contribution < 1.29 is 14.3 Å². The van der Waals surface area contributed by atoms with E-state index in [1.165, 1.54) is 38.4 Å². The van der Waals surface area contributed by atoms with E-state index < -0.39 is 12.1 Å². The molecule has 0 radical (unpaired) electrons. The lowest BCUT2D eigenvalue weighted by Gasteiger charge is -2.12. The molecule has 0 aliphatic carbocycles. The second-order valence-electron chi connectivity index (χ2n) is 7.61. The summed E-state index contributed by atoms with van der Waals surface area (Å²) < 4.78 is 10.2. The number of carbonyl (C=O) groups excluding carboxylic acids is 1. The number of nitrogens with zero attached hydrogens (tertiary/aromatic N) is 2. The lowest BCUT2D eigenvalue weighted by molar-refractivity contribution is -0.147. The Morgan fingerprint density at radius 1 is 0.871 bits per heavy atom. The highest BCUT2D eigenvalue weighted by Crippen LogP contribution is 2.23. The normalized spacial score (nSPS) is 11.7. The smallest absolute Gasteiger partial charge is 0.346 e. The topological polar surface area (TPSA) is 61.3 Å². The molecule has 3 rings (SSSR count). The van der Waals surface area contributed by atoms with E-state index in [1.54, 1.807) is 19.1 Å². The Balaban J connectivity index is 1.61. The molecule has 1 heterocycles. The first kappa shape index (κ1) is 22.5. The van der Waals surface area contributed by atoms with Crippen molar-refractivity contribution in [3.63, 3.8) is 0 Å². The van der Waals surface area contributed by atoms with E-state index in [9.17, 15) is 4.79 Å². The molecule has 0 aliphatic rings. The Bertz CT molecular complexity index is 951. The summed E-state index contributed by atoms with van der Waals surface area (Å²) in [5.74, 6) is 0.824. The molecule has 162 valence electrons. The Labute approximate surface area is 184 Å². The van der Waals surface area contributed by atoms with E-state index in [0.717, 1.165) is 23.1 Å². The summed E-state index contributed by atoms with van der Waals surface area (Å²) in [6.45, 7) is 3.89. The van der Waals surface area contributed by atoms with Crippen molar-refractivity contribution in [2.75, 3.05) is 7.11 Å². The standard InChI is InChI=1S/C26H30N2O3/c1-4-5-6-7-8-20-9-11-21(12-10-20)23-17-27-25(28-18-23)22-13-15-24(16-14-22)31-19(2)26(29)30-3/h9-19H,4-8H2,1-3H3. The second kappa shape index (κ2) is 11.3. The van der Waals surface area contributed by atoms with Crippen LogP contribution in [0.5, 0.6) is 5.75 Å². The molecule has 0 aliphatic heterocycles. The molecular formula is C26H30N2O3. The van der Waals surface area contributed by atoms with Crippen LogP contribution < -0.4 is 4.74 Å². The third-order valence-corrected chi connectivity index (χ3v) is 5.22. The van der Waals surface area contributed by atoms with E-state index in [0.29, 0.717) is 11.6 Å². The summed E-state index contributed by atoms with van der Waals surface area (Å²) in [4.78, 5) is 20.5. The molecular weight excluding hydrogens is 388 g/mol. The number of rotatable bonds is 10. The van der Waals surface area contributed by atoms with E-state index in [-0.39, 0.29) is 0 Å². The van der Waals surface area contributed by atoms with Crippen molar-refractivity contribution in [3.05, 3.63) is 66.5 Å². The maximum atomic E-state index is 11.5. The van der Waals surface area contributed by atoms with Gasteiger partial charge in [0, 0.05) is 23.5 Å². The van der Waals surface area contributed by atoms with Gasteiger partial charge in [0.15, 0.2) is 11.9 Å². The number of carbonyl (C=O) groups is 1. The van der Waals surface area contributed by atoms with Crippen LogP contribution >= 0.6 is 0 Å². The van der Waals surface area contributed by atoms with Crippen molar-refractivity contribution in [3.8, 4) is 28.3 Å². The highest BCUT2D eigenvalue weighted by molar-refractivity contribution is 5.74. The number of hydrogen-bond donors (Lipinski definition) is 0. The van der Waals surface area contributed by atoms with Crippen LogP contribution in [-0.2, 0) is 16.0 Å². The molecule has 1 unspecified atom stereocenters. The molecule has 0 N–H and O–H groups in total. The summed E-state index contributed by atoms with van der Waals surface area (Å²) in [5, 5.41) is 0. The van der Waals surface area contributed by atoms with Crippen molar-refractivity contribution in [2.45, 2.75) is 52.1 Å². The van der Waals surface area contributed by atoms with Gasteiger partial charge in [-0.2, -0.15) is 0 Å². The van der Waals surface area contributed by atoms with Gasteiger partial charge in [-0.15, -0.1) is 0 Å². The maximum absolute atomic E-state index is 11.5. The molecule has 3 aromatic rings. The number of ether oxygens (including phenoxy) is 2. The Hall–Kier alpha value is -3.21. The average Bonchev–Trinajstić information content (AvgIpc) is 2.82. The van der Waals surface area contributed by atoms with E-state index >= 15 is 0 Å². The number of aromatic nitrogens is 2. The Morgan fingerprint density at radius 3 is 2.13 bits per heavy atom. The van der Waals surface area contributed by atoms with Gasteiger partial charge in [0.1, 0.15) is 5.75 Å². The molecule has 0 bridgehead atoms. The first-order valence-corrected chi connectivity index (χ1v) is 10.9. The van der Waals surface area contributed by atoms with Crippen LogP contribution in [0.4, 0.5) is 0 Å². The monoisotopic (exact) mass is 418 g/mol. The fourth-order valence-corrected chi connectivity index (χ4v) is 3.35. The molecule has 0 saturated heterocycles. The SMILES string of the molecule is CCCCCCc1ccc(-c2cnc(-c3ccc(OC(C)C(=O)OC)cc3)nc2)cc1. The molecule has 31 heavy (non-hydrogen) atoms.